The zero-order chi connectivity index (χ0) is 13.2. The monoisotopic (exact) mass is 248 g/mol. The zero-order valence-corrected chi connectivity index (χ0v) is 12.0. The first-order chi connectivity index (χ1) is 8.57. The van der Waals surface area contributed by atoms with Gasteiger partial charge < -0.3 is 10.2 Å². The lowest BCUT2D eigenvalue weighted by molar-refractivity contribution is 0.292. The van der Waals surface area contributed by atoms with Gasteiger partial charge in [-0.1, -0.05) is 20.8 Å². The minimum absolute atomic E-state index is 0.383. The molecule has 4 heteroatoms. The van der Waals surface area contributed by atoms with E-state index < -0.39 is 0 Å². The molecule has 4 nitrogen and oxygen atoms in total. The van der Waals surface area contributed by atoms with E-state index in [1.165, 1.54) is 18.4 Å². The van der Waals surface area contributed by atoms with Crippen LogP contribution >= 0.6 is 0 Å². The highest BCUT2D eigenvalue weighted by Crippen LogP contribution is 2.33. The van der Waals surface area contributed by atoms with E-state index in [4.69, 9.17) is 0 Å². The third-order valence-corrected chi connectivity index (χ3v) is 3.71. The van der Waals surface area contributed by atoms with Crippen LogP contribution in [0.4, 0.5) is 11.6 Å². The van der Waals surface area contributed by atoms with Crippen molar-refractivity contribution < 1.29 is 0 Å². The molecule has 0 unspecified atom stereocenters. The molecule has 0 saturated carbocycles. The van der Waals surface area contributed by atoms with Crippen molar-refractivity contribution >= 4 is 11.6 Å². The van der Waals surface area contributed by atoms with Crippen LogP contribution in [-0.2, 0) is 6.42 Å². The van der Waals surface area contributed by atoms with Gasteiger partial charge in [-0.2, -0.15) is 0 Å². The van der Waals surface area contributed by atoms with Gasteiger partial charge in [-0.15, -0.1) is 0 Å². The molecule has 1 fully saturated rings. The Kier molecular flexibility index (Phi) is 3.73. The lowest BCUT2D eigenvalue weighted by Crippen LogP contribution is -2.41. The molecule has 0 bridgehead atoms. The molecule has 2 rings (SSSR count). The largest absolute Gasteiger partial charge is 0.373 e. The average molecular weight is 248 g/mol. The summed E-state index contributed by atoms with van der Waals surface area (Å²) in [5.41, 5.74) is 1.62. The minimum atomic E-state index is 0.383. The van der Waals surface area contributed by atoms with Gasteiger partial charge in [0, 0.05) is 25.7 Å². The molecule has 0 aromatic carbocycles. The van der Waals surface area contributed by atoms with Crippen molar-refractivity contribution in [2.75, 3.05) is 30.4 Å². The Morgan fingerprint density at radius 1 is 1.39 bits per heavy atom. The zero-order valence-electron chi connectivity index (χ0n) is 12.0. The normalized spacial score (nSPS) is 18.8. The van der Waals surface area contributed by atoms with E-state index in [0.717, 1.165) is 31.1 Å². The molecule has 100 valence electrons. The van der Waals surface area contributed by atoms with E-state index in [1.54, 1.807) is 6.33 Å². The van der Waals surface area contributed by atoms with Gasteiger partial charge in [-0.05, 0) is 24.7 Å². The summed E-state index contributed by atoms with van der Waals surface area (Å²) in [5, 5.41) is 3.17. The molecule has 0 spiro atoms. The molecule has 18 heavy (non-hydrogen) atoms. The van der Waals surface area contributed by atoms with Crippen LogP contribution in [0.15, 0.2) is 6.33 Å². The van der Waals surface area contributed by atoms with Gasteiger partial charge in [-0.25, -0.2) is 9.97 Å². The number of anilines is 2. The first-order valence-electron chi connectivity index (χ1n) is 6.84. The van der Waals surface area contributed by atoms with E-state index in [0.29, 0.717) is 5.41 Å². The molecule has 1 N–H and O–H groups in total. The fraction of sp³-hybridized carbons (Fsp3) is 0.714. The number of hydrogen-bond acceptors (Lipinski definition) is 4. The maximum absolute atomic E-state index is 4.52. The summed E-state index contributed by atoms with van der Waals surface area (Å²) >= 11 is 0. The Hall–Kier alpha value is -1.32. The molecule has 1 aliphatic rings. The standard InChI is InChI=1S/C14H24N4/c1-5-11-12(15-4)16-10-17-13(11)18-8-6-7-14(2,3)9-18/h10H,5-9H2,1-4H3,(H,15,16,17). The van der Waals surface area contributed by atoms with Crippen LogP contribution < -0.4 is 10.2 Å². The van der Waals surface area contributed by atoms with Crippen molar-refractivity contribution in [1.29, 1.82) is 0 Å². The lowest BCUT2D eigenvalue weighted by atomic mass is 9.84. The Bertz CT molecular complexity index is 414. The van der Waals surface area contributed by atoms with E-state index >= 15 is 0 Å². The second kappa shape index (κ2) is 5.12. The fourth-order valence-corrected chi connectivity index (χ4v) is 2.82. The van der Waals surface area contributed by atoms with Gasteiger partial charge in [0.05, 0.1) is 0 Å². The van der Waals surface area contributed by atoms with Crippen LogP contribution in [0.3, 0.4) is 0 Å². The SMILES string of the molecule is CCc1c(NC)ncnc1N1CCCC(C)(C)C1. The maximum atomic E-state index is 4.52. The number of nitrogens with zero attached hydrogens (tertiary/aromatic N) is 3. The summed E-state index contributed by atoms with van der Waals surface area (Å²) in [6.45, 7) is 9.03. The van der Waals surface area contributed by atoms with Crippen molar-refractivity contribution in [3.05, 3.63) is 11.9 Å². The van der Waals surface area contributed by atoms with Crippen LogP contribution in [-0.4, -0.2) is 30.1 Å². The predicted molar refractivity (Wildman–Crippen MR) is 76.2 cm³/mol. The number of aromatic nitrogens is 2. The van der Waals surface area contributed by atoms with Crippen LogP contribution in [0.2, 0.25) is 0 Å². The van der Waals surface area contributed by atoms with E-state index in [1.807, 2.05) is 7.05 Å². The molecule has 0 aliphatic carbocycles. The molecule has 1 aliphatic heterocycles. The molecule has 1 aromatic heterocycles. The Morgan fingerprint density at radius 3 is 2.78 bits per heavy atom. The lowest BCUT2D eigenvalue weighted by Gasteiger charge is -2.39. The molecular weight excluding hydrogens is 224 g/mol. The van der Waals surface area contributed by atoms with E-state index in [9.17, 15) is 0 Å². The van der Waals surface area contributed by atoms with Crippen molar-refractivity contribution in [2.45, 2.75) is 40.0 Å². The average Bonchev–Trinajstić information content (AvgIpc) is 2.36. The maximum Gasteiger partial charge on any atom is 0.137 e. The molecule has 0 amide bonds. The minimum Gasteiger partial charge on any atom is -0.373 e. The Balaban J connectivity index is 2.32. The summed E-state index contributed by atoms with van der Waals surface area (Å²) in [6, 6.07) is 0. The summed E-state index contributed by atoms with van der Waals surface area (Å²) in [4.78, 5) is 11.3. The quantitative estimate of drug-likeness (QED) is 0.893. The number of nitrogens with one attached hydrogen (secondary N) is 1. The Morgan fingerprint density at radius 2 is 2.17 bits per heavy atom. The third kappa shape index (κ3) is 2.57. The molecular formula is C14H24N4. The number of piperidine rings is 1. The fourth-order valence-electron chi connectivity index (χ4n) is 2.82. The highest BCUT2D eigenvalue weighted by Gasteiger charge is 2.28. The van der Waals surface area contributed by atoms with Crippen LogP contribution in [0.5, 0.6) is 0 Å². The summed E-state index contributed by atoms with van der Waals surface area (Å²) in [7, 11) is 1.92. The Labute approximate surface area is 110 Å². The first-order valence-corrected chi connectivity index (χ1v) is 6.84. The van der Waals surface area contributed by atoms with Gasteiger partial charge in [-0.3, -0.25) is 0 Å². The van der Waals surface area contributed by atoms with Gasteiger partial charge in [0.1, 0.15) is 18.0 Å². The van der Waals surface area contributed by atoms with Crippen molar-refractivity contribution in [1.82, 2.24) is 9.97 Å². The van der Waals surface area contributed by atoms with Crippen LogP contribution in [0, 0.1) is 5.41 Å². The molecule has 1 aromatic rings. The van der Waals surface area contributed by atoms with Crippen molar-refractivity contribution in [2.24, 2.45) is 5.41 Å². The van der Waals surface area contributed by atoms with Crippen molar-refractivity contribution in [3.63, 3.8) is 0 Å². The topological polar surface area (TPSA) is 41.1 Å². The second-order valence-electron chi connectivity index (χ2n) is 5.82. The smallest absolute Gasteiger partial charge is 0.137 e. The predicted octanol–water partition coefficient (Wildman–Crippen LogP) is 2.71. The van der Waals surface area contributed by atoms with E-state index in [-0.39, 0.29) is 0 Å². The van der Waals surface area contributed by atoms with E-state index in [2.05, 4.69) is 41.0 Å². The summed E-state index contributed by atoms with van der Waals surface area (Å²) in [6.07, 6.45) is 5.18. The third-order valence-electron chi connectivity index (χ3n) is 3.71. The molecule has 1 saturated heterocycles. The van der Waals surface area contributed by atoms with Gasteiger partial charge in [0.25, 0.3) is 0 Å². The van der Waals surface area contributed by atoms with Crippen LogP contribution in [0.25, 0.3) is 0 Å². The highest BCUT2D eigenvalue weighted by atomic mass is 15.2. The van der Waals surface area contributed by atoms with Gasteiger partial charge in [0.15, 0.2) is 0 Å². The number of hydrogen-bond donors (Lipinski definition) is 1. The second-order valence-corrected chi connectivity index (χ2v) is 5.82. The van der Waals surface area contributed by atoms with Gasteiger partial charge >= 0.3 is 0 Å². The van der Waals surface area contributed by atoms with Crippen molar-refractivity contribution in [3.8, 4) is 0 Å². The molecule has 0 atom stereocenters. The molecule has 0 radical (unpaired) electrons. The summed E-state index contributed by atoms with van der Waals surface area (Å²) < 4.78 is 0. The molecule has 2 heterocycles. The highest BCUT2D eigenvalue weighted by molar-refractivity contribution is 5.58. The van der Waals surface area contributed by atoms with Gasteiger partial charge in [0.2, 0.25) is 0 Å². The first kappa shape index (κ1) is 13.1. The summed E-state index contributed by atoms with van der Waals surface area (Å²) in [5.74, 6) is 2.08. The number of rotatable bonds is 3. The van der Waals surface area contributed by atoms with Crippen LogP contribution in [0.1, 0.15) is 39.2 Å².